The van der Waals surface area contributed by atoms with Crippen LogP contribution in [0.2, 0.25) is 0 Å². The van der Waals surface area contributed by atoms with E-state index in [-0.39, 0.29) is 6.10 Å². The predicted molar refractivity (Wildman–Crippen MR) is 74.6 cm³/mol. The van der Waals surface area contributed by atoms with Gasteiger partial charge in [0.1, 0.15) is 0 Å². The highest BCUT2D eigenvalue weighted by Crippen LogP contribution is 2.27. The van der Waals surface area contributed by atoms with Gasteiger partial charge in [-0.05, 0) is 43.6 Å². The Morgan fingerprint density at radius 3 is 3.00 bits per heavy atom. The van der Waals surface area contributed by atoms with Crippen molar-refractivity contribution in [2.45, 2.75) is 25.9 Å². The summed E-state index contributed by atoms with van der Waals surface area (Å²) >= 11 is 0. The molecule has 1 aromatic carbocycles. The molecule has 0 amide bonds. The standard InChI is InChI=1S/C15H24N2O/c1-2-17(10-5-9-16)12-15-14-7-4-3-6-13(14)8-11-18-15/h3-4,6-7,15H,2,5,8-12,16H2,1H3. The van der Waals surface area contributed by atoms with Gasteiger partial charge in [-0.15, -0.1) is 0 Å². The van der Waals surface area contributed by atoms with Crippen LogP contribution >= 0.6 is 0 Å². The largest absolute Gasteiger partial charge is 0.372 e. The number of nitrogens with zero attached hydrogens (tertiary/aromatic N) is 1. The Morgan fingerprint density at radius 2 is 2.22 bits per heavy atom. The summed E-state index contributed by atoms with van der Waals surface area (Å²) in [7, 11) is 0. The lowest BCUT2D eigenvalue weighted by Crippen LogP contribution is -2.33. The van der Waals surface area contributed by atoms with E-state index in [2.05, 4.69) is 36.1 Å². The van der Waals surface area contributed by atoms with Gasteiger partial charge < -0.3 is 15.4 Å². The first-order chi connectivity index (χ1) is 8.85. The number of nitrogens with two attached hydrogens (primary N) is 1. The minimum absolute atomic E-state index is 0.229. The van der Waals surface area contributed by atoms with Gasteiger partial charge in [-0.25, -0.2) is 0 Å². The molecule has 1 aliphatic rings. The van der Waals surface area contributed by atoms with E-state index >= 15 is 0 Å². The Morgan fingerprint density at radius 1 is 1.39 bits per heavy atom. The van der Waals surface area contributed by atoms with Crippen molar-refractivity contribution in [3.63, 3.8) is 0 Å². The fourth-order valence-corrected chi connectivity index (χ4v) is 2.56. The monoisotopic (exact) mass is 248 g/mol. The smallest absolute Gasteiger partial charge is 0.0954 e. The molecule has 3 heteroatoms. The molecule has 0 bridgehead atoms. The van der Waals surface area contributed by atoms with E-state index in [0.29, 0.717) is 0 Å². The fraction of sp³-hybridized carbons (Fsp3) is 0.600. The van der Waals surface area contributed by atoms with Crippen LogP contribution in [0.4, 0.5) is 0 Å². The Balaban J connectivity index is 2.01. The maximum Gasteiger partial charge on any atom is 0.0954 e. The Kier molecular flexibility index (Phi) is 5.17. The molecule has 0 saturated heterocycles. The number of ether oxygens (including phenoxy) is 1. The van der Waals surface area contributed by atoms with Gasteiger partial charge in [0.15, 0.2) is 0 Å². The van der Waals surface area contributed by atoms with Crippen LogP contribution in [0.5, 0.6) is 0 Å². The SMILES string of the molecule is CCN(CCCN)CC1OCCc2ccccc21. The maximum absolute atomic E-state index is 5.94. The van der Waals surface area contributed by atoms with Crippen molar-refractivity contribution in [3.05, 3.63) is 35.4 Å². The van der Waals surface area contributed by atoms with Crippen molar-refractivity contribution in [1.29, 1.82) is 0 Å². The molecule has 1 atom stereocenters. The zero-order valence-electron chi connectivity index (χ0n) is 11.3. The van der Waals surface area contributed by atoms with Crippen molar-refractivity contribution in [3.8, 4) is 0 Å². The first-order valence-electron chi connectivity index (χ1n) is 6.97. The molecule has 0 radical (unpaired) electrons. The van der Waals surface area contributed by atoms with Crippen LogP contribution in [0.25, 0.3) is 0 Å². The molecule has 1 heterocycles. The Labute approximate surface area is 110 Å². The van der Waals surface area contributed by atoms with Gasteiger partial charge >= 0.3 is 0 Å². The third-order valence-corrected chi connectivity index (χ3v) is 3.64. The average Bonchev–Trinajstić information content (AvgIpc) is 2.43. The lowest BCUT2D eigenvalue weighted by atomic mass is 9.97. The van der Waals surface area contributed by atoms with Crippen LogP contribution in [-0.2, 0) is 11.2 Å². The summed E-state index contributed by atoms with van der Waals surface area (Å²) in [4.78, 5) is 2.43. The molecule has 0 saturated carbocycles. The van der Waals surface area contributed by atoms with E-state index in [4.69, 9.17) is 10.5 Å². The number of rotatable bonds is 6. The van der Waals surface area contributed by atoms with E-state index in [1.54, 1.807) is 0 Å². The molecule has 1 unspecified atom stereocenters. The summed E-state index contributed by atoms with van der Waals surface area (Å²) in [6, 6.07) is 8.65. The molecule has 3 nitrogen and oxygen atoms in total. The molecule has 0 fully saturated rings. The molecule has 18 heavy (non-hydrogen) atoms. The van der Waals surface area contributed by atoms with Crippen molar-refractivity contribution in [2.24, 2.45) is 5.73 Å². The Hall–Kier alpha value is -0.900. The van der Waals surface area contributed by atoms with Crippen LogP contribution in [0.1, 0.15) is 30.6 Å². The van der Waals surface area contributed by atoms with Gasteiger partial charge in [0.2, 0.25) is 0 Å². The van der Waals surface area contributed by atoms with E-state index in [1.165, 1.54) is 11.1 Å². The highest BCUT2D eigenvalue weighted by molar-refractivity contribution is 5.31. The molecule has 2 rings (SSSR count). The van der Waals surface area contributed by atoms with Crippen molar-refractivity contribution < 1.29 is 4.74 Å². The minimum Gasteiger partial charge on any atom is -0.372 e. The molecule has 0 spiro atoms. The third kappa shape index (κ3) is 3.31. The first kappa shape index (κ1) is 13.5. The Bertz CT molecular complexity index is 367. The van der Waals surface area contributed by atoms with Gasteiger partial charge in [-0.3, -0.25) is 0 Å². The zero-order valence-corrected chi connectivity index (χ0v) is 11.3. The highest BCUT2D eigenvalue weighted by Gasteiger charge is 2.22. The van der Waals surface area contributed by atoms with E-state index < -0.39 is 0 Å². The minimum atomic E-state index is 0.229. The van der Waals surface area contributed by atoms with Crippen LogP contribution < -0.4 is 5.73 Å². The van der Waals surface area contributed by atoms with E-state index in [1.807, 2.05) is 0 Å². The molecular formula is C15H24N2O. The second kappa shape index (κ2) is 6.88. The average molecular weight is 248 g/mol. The number of hydrogen-bond acceptors (Lipinski definition) is 3. The lowest BCUT2D eigenvalue weighted by Gasteiger charge is -2.31. The van der Waals surface area contributed by atoms with Crippen LogP contribution in [0, 0.1) is 0 Å². The van der Waals surface area contributed by atoms with Gasteiger partial charge in [-0.1, -0.05) is 31.2 Å². The summed E-state index contributed by atoms with van der Waals surface area (Å²) in [5.74, 6) is 0. The van der Waals surface area contributed by atoms with Gasteiger partial charge in [-0.2, -0.15) is 0 Å². The second-order valence-electron chi connectivity index (χ2n) is 4.84. The van der Waals surface area contributed by atoms with E-state index in [0.717, 1.165) is 45.6 Å². The lowest BCUT2D eigenvalue weighted by molar-refractivity contribution is 0.0168. The van der Waals surface area contributed by atoms with Gasteiger partial charge in [0, 0.05) is 6.54 Å². The summed E-state index contributed by atoms with van der Waals surface area (Å²) in [6.07, 6.45) is 2.33. The summed E-state index contributed by atoms with van der Waals surface area (Å²) in [5.41, 5.74) is 8.40. The molecular weight excluding hydrogens is 224 g/mol. The second-order valence-corrected chi connectivity index (χ2v) is 4.84. The topological polar surface area (TPSA) is 38.5 Å². The quantitative estimate of drug-likeness (QED) is 0.836. The number of hydrogen-bond donors (Lipinski definition) is 1. The number of likely N-dealkylation sites (N-methyl/N-ethyl adjacent to an activating group) is 1. The van der Waals surface area contributed by atoms with Crippen molar-refractivity contribution >= 4 is 0 Å². The maximum atomic E-state index is 5.94. The molecule has 0 aliphatic carbocycles. The summed E-state index contributed by atoms with van der Waals surface area (Å²) in [5, 5.41) is 0. The highest BCUT2D eigenvalue weighted by atomic mass is 16.5. The molecule has 1 aliphatic heterocycles. The normalized spacial score (nSPS) is 18.9. The fourth-order valence-electron chi connectivity index (χ4n) is 2.56. The first-order valence-corrected chi connectivity index (χ1v) is 6.97. The molecule has 1 aromatic rings. The van der Waals surface area contributed by atoms with Crippen LogP contribution in [0.15, 0.2) is 24.3 Å². The third-order valence-electron chi connectivity index (χ3n) is 3.64. The van der Waals surface area contributed by atoms with Crippen LogP contribution in [-0.4, -0.2) is 37.7 Å². The van der Waals surface area contributed by atoms with Gasteiger partial charge in [0.05, 0.1) is 12.7 Å². The zero-order chi connectivity index (χ0) is 12.8. The summed E-state index contributed by atoms with van der Waals surface area (Å²) in [6.45, 7) is 6.91. The number of fused-ring (bicyclic) bond motifs is 1. The molecule has 0 aromatic heterocycles. The van der Waals surface area contributed by atoms with Crippen LogP contribution in [0.3, 0.4) is 0 Å². The van der Waals surface area contributed by atoms with E-state index in [9.17, 15) is 0 Å². The van der Waals surface area contributed by atoms with Crippen molar-refractivity contribution in [1.82, 2.24) is 4.90 Å². The summed E-state index contributed by atoms with van der Waals surface area (Å²) < 4.78 is 5.94. The number of benzene rings is 1. The van der Waals surface area contributed by atoms with Gasteiger partial charge in [0.25, 0.3) is 0 Å². The molecule has 2 N–H and O–H groups in total. The predicted octanol–water partition coefficient (Wildman–Crippen LogP) is 1.97. The van der Waals surface area contributed by atoms with Crippen molar-refractivity contribution in [2.75, 3.05) is 32.8 Å². The molecule has 100 valence electrons.